The lowest BCUT2D eigenvalue weighted by atomic mass is 10.2. The molecule has 6 nitrogen and oxygen atoms in total. The Hall–Kier alpha value is -2.71. The SMILES string of the molecule is C=CCn1c(SCc2nc3ccccc3c(=O)[nH]2)nc2ccsc2c1=O. The first kappa shape index (κ1) is 16.7. The van der Waals surface area contributed by atoms with Gasteiger partial charge in [0.15, 0.2) is 5.16 Å². The lowest BCUT2D eigenvalue weighted by Crippen LogP contribution is -2.22. The predicted molar refractivity (Wildman–Crippen MR) is 106 cm³/mol. The molecule has 0 fully saturated rings. The fourth-order valence-corrected chi connectivity index (χ4v) is 4.32. The van der Waals surface area contributed by atoms with Crippen LogP contribution in [-0.2, 0) is 12.3 Å². The summed E-state index contributed by atoms with van der Waals surface area (Å²) < 4.78 is 2.23. The van der Waals surface area contributed by atoms with Crippen LogP contribution in [0, 0.1) is 0 Å². The van der Waals surface area contributed by atoms with Gasteiger partial charge >= 0.3 is 0 Å². The van der Waals surface area contributed by atoms with Gasteiger partial charge in [-0.25, -0.2) is 9.97 Å². The molecule has 0 aliphatic heterocycles. The molecule has 26 heavy (non-hydrogen) atoms. The molecule has 0 atom stereocenters. The molecule has 0 amide bonds. The number of aromatic amines is 1. The summed E-state index contributed by atoms with van der Waals surface area (Å²) in [5.41, 5.74) is 1.09. The van der Waals surface area contributed by atoms with Crippen LogP contribution in [0.5, 0.6) is 0 Å². The van der Waals surface area contributed by atoms with Gasteiger partial charge in [-0.1, -0.05) is 30.0 Å². The van der Waals surface area contributed by atoms with Crippen molar-refractivity contribution < 1.29 is 0 Å². The van der Waals surface area contributed by atoms with Crippen molar-refractivity contribution in [1.82, 2.24) is 19.5 Å². The quantitative estimate of drug-likeness (QED) is 0.326. The van der Waals surface area contributed by atoms with Gasteiger partial charge in [-0.15, -0.1) is 17.9 Å². The number of aromatic nitrogens is 4. The minimum Gasteiger partial charge on any atom is -0.309 e. The van der Waals surface area contributed by atoms with Crippen LogP contribution in [0.4, 0.5) is 0 Å². The number of rotatable bonds is 5. The van der Waals surface area contributed by atoms with Gasteiger partial charge in [0.2, 0.25) is 0 Å². The first-order chi connectivity index (χ1) is 12.7. The van der Waals surface area contributed by atoms with Crippen LogP contribution >= 0.6 is 23.1 Å². The van der Waals surface area contributed by atoms with Crippen LogP contribution in [0.2, 0.25) is 0 Å². The Morgan fingerprint density at radius 3 is 2.88 bits per heavy atom. The van der Waals surface area contributed by atoms with Crippen molar-refractivity contribution in [2.75, 3.05) is 0 Å². The monoisotopic (exact) mass is 382 g/mol. The fourth-order valence-electron chi connectivity index (χ4n) is 2.66. The number of thioether (sulfide) groups is 1. The van der Waals surface area contributed by atoms with Gasteiger partial charge in [0.1, 0.15) is 10.5 Å². The first-order valence-corrected chi connectivity index (χ1v) is 9.73. The Morgan fingerprint density at radius 1 is 1.19 bits per heavy atom. The van der Waals surface area contributed by atoms with Crippen molar-refractivity contribution in [2.45, 2.75) is 17.5 Å². The third kappa shape index (κ3) is 2.97. The highest BCUT2D eigenvalue weighted by atomic mass is 32.2. The minimum atomic E-state index is -0.170. The van der Waals surface area contributed by atoms with E-state index in [1.54, 1.807) is 16.7 Å². The number of H-pyrrole nitrogens is 1. The number of fused-ring (bicyclic) bond motifs is 2. The summed E-state index contributed by atoms with van der Waals surface area (Å²) in [5, 5.41) is 2.99. The van der Waals surface area contributed by atoms with Crippen LogP contribution in [-0.4, -0.2) is 19.5 Å². The lowest BCUT2D eigenvalue weighted by Gasteiger charge is -2.10. The number of hydrogen-bond donors (Lipinski definition) is 1. The van der Waals surface area contributed by atoms with Crippen molar-refractivity contribution in [2.24, 2.45) is 0 Å². The molecule has 130 valence electrons. The Kier molecular flexibility index (Phi) is 4.44. The van der Waals surface area contributed by atoms with Crippen LogP contribution in [0.15, 0.2) is 63.1 Å². The third-order valence-electron chi connectivity index (χ3n) is 3.84. The highest BCUT2D eigenvalue weighted by molar-refractivity contribution is 7.98. The molecule has 0 bridgehead atoms. The lowest BCUT2D eigenvalue weighted by molar-refractivity contribution is 0.672. The Labute approximate surface area is 156 Å². The van der Waals surface area contributed by atoms with Crippen molar-refractivity contribution >= 4 is 44.2 Å². The summed E-state index contributed by atoms with van der Waals surface area (Å²) in [5.74, 6) is 0.947. The van der Waals surface area contributed by atoms with Crippen LogP contribution in [0.25, 0.3) is 21.1 Å². The van der Waals surface area contributed by atoms with Crippen LogP contribution in [0.3, 0.4) is 0 Å². The zero-order chi connectivity index (χ0) is 18.1. The average molecular weight is 382 g/mol. The molecule has 0 aliphatic rings. The molecular weight excluding hydrogens is 368 g/mol. The molecule has 0 saturated heterocycles. The largest absolute Gasteiger partial charge is 0.309 e. The van der Waals surface area contributed by atoms with Crippen molar-refractivity contribution in [1.29, 1.82) is 0 Å². The van der Waals surface area contributed by atoms with E-state index in [1.165, 1.54) is 23.1 Å². The maximum absolute atomic E-state index is 12.6. The van der Waals surface area contributed by atoms with Gasteiger partial charge in [-0.05, 0) is 23.6 Å². The Bertz CT molecular complexity index is 1240. The molecule has 4 aromatic rings. The highest BCUT2D eigenvalue weighted by Gasteiger charge is 2.13. The summed E-state index contributed by atoms with van der Waals surface area (Å²) in [6, 6.07) is 9.04. The average Bonchev–Trinajstić information content (AvgIpc) is 3.11. The van der Waals surface area contributed by atoms with E-state index in [-0.39, 0.29) is 11.1 Å². The Morgan fingerprint density at radius 2 is 2.04 bits per heavy atom. The minimum absolute atomic E-state index is 0.0765. The van der Waals surface area contributed by atoms with Gasteiger partial charge in [0.25, 0.3) is 11.1 Å². The van der Waals surface area contributed by atoms with Gasteiger partial charge in [0.05, 0.1) is 22.2 Å². The molecule has 1 N–H and O–H groups in total. The topological polar surface area (TPSA) is 80.6 Å². The number of para-hydroxylation sites is 1. The second kappa shape index (κ2) is 6.89. The molecule has 0 spiro atoms. The third-order valence-corrected chi connectivity index (χ3v) is 5.72. The smallest absolute Gasteiger partial charge is 0.272 e. The normalized spacial score (nSPS) is 11.2. The van der Waals surface area contributed by atoms with E-state index in [2.05, 4.69) is 21.5 Å². The van der Waals surface area contributed by atoms with Crippen molar-refractivity contribution in [3.05, 3.63) is 74.9 Å². The molecule has 0 saturated carbocycles. The standard InChI is InChI=1S/C18H14N4O2S2/c1-2-8-22-17(24)15-13(7-9-25-15)20-18(22)26-10-14-19-12-6-4-3-5-11(12)16(23)21-14/h2-7,9H,1,8,10H2,(H,19,21,23). The summed E-state index contributed by atoms with van der Waals surface area (Å²) >= 11 is 2.75. The summed E-state index contributed by atoms with van der Waals surface area (Å²) in [7, 11) is 0. The number of allylic oxidation sites excluding steroid dienone is 1. The number of hydrogen-bond acceptors (Lipinski definition) is 6. The van der Waals surface area contributed by atoms with E-state index in [9.17, 15) is 9.59 Å². The van der Waals surface area contributed by atoms with Gasteiger partial charge in [-0.2, -0.15) is 0 Å². The highest BCUT2D eigenvalue weighted by Crippen LogP contribution is 2.23. The molecular formula is C18H14N4O2S2. The zero-order valence-electron chi connectivity index (χ0n) is 13.6. The number of nitrogens with one attached hydrogen (secondary N) is 1. The van der Waals surface area contributed by atoms with Crippen molar-refractivity contribution in [3.8, 4) is 0 Å². The number of thiophene rings is 1. The Balaban J connectivity index is 1.71. The maximum Gasteiger partial charge on any atom is 0.272 e. The summed E-state index contributed by atoms with van der Waals surface area (Å²) in [4.78, 5) is 36.7. The molecule has 1 aromatic carbocycles. The van der Waals surface area contributed by atoms with E-state index in [4.69, 9.17) is 0 Å². The first-order valence-electron chi connectivity index (χ1n) is 7.87. The summed E-state index contributed by atoms with van der Waals surface area (Å²) in [6.45, 7) is 4.10. The van der Waals surface area contributed by atoms with E-state index in [0.717, 1.165) is 0 Å². The molecule has 3 aromatic heterocycles. The van der Waals surface area contributed by atoms with E-state index in [1.807, 2.05) is 29.6 Å². The summed E-state index contributed by atoms with van der Waals surface area (Å²) in [6.07, 6.45) is 1.67. The maximum atomic E-state index is 12.6. The van der Waals surface area contributed by atoms with Gasteiger partial charge in [-0.3, -0.25) is 14.2 Å². The number of nitrogens with zero attached hydrogens (tertiary/aromatic N) is 3. The second-order valence-electron chi connectivity index (χ2n) is 5.55. The van der Waals surface area contributed by atoms with Crippen molar-refractivity contribution in [3.63, 3.8) is 0 Å². The zero-order valence-corrected chi connectivity index (χ0v) is 15.3. The molecule has 3 heterocycles. The van der Waals surface area contributed by atoms with Gasteiger partial charge in [0, 0.05) is 6.54 Å². The van der Waals surface area contributed by atoms with Crippen LogP contribution < -0.4 is 11.1 Å². The van der Waals surface area contributed by atoms with E-state index < -0.39 is 0 Å². The van der Waals surface area contributed by atoms with Crippen LogP contribution in [0.1, 0.15) is 5.82 Å². The molecule has 0 aliphatic carbocycles. The van der Waals surface area contributed by atoms with Gasteiger partial charge < -0.3 is 4.98 Å². The molecule has 4 rings (SSSR count). The van der Waals surface area contributed by atoms with E-state index >= 15 is 0 Å². The fraction of sp³-hybridized carbons (Fsp3) is 0.111. The number of benzene rings is 1. The molecule has 0 unspecified atom stereocenters. The predicted octanol–water partition coefficient (Wildman–Crippen LogP) is 3.17. The molecule has 0 radical (unpaired) electrons. The molecule has 8 heteroatoms. The van der Waals surface area contributed by atoms with E-state index in [0.29, 0.717) is 44.4 Å². The second-order valence-corrected chi connectivity index (χ2v) is 7.41.